The number of esters is 1. The molecule has 1 heterocycles. The molecule has 0 spiro atoms. The summed E-state index contributed by atoms with van der Waals surface area (Å²) >= 11 is 6.08. The Morgan fingerprint density at radius 1 is 1.29 bits per heavy atom. The minimum atomic E-state index is -3.45. The average molecular weight is 375 g/mol. The van der Waals surface area contributed by atoms with Crippen LogP contribution in [0.4, 0.5) is 5.69 Å². The summed E-state index contributed by atoms with van der Waals surface area (Å²) in [5.41, 5.74) is 0.497. The van der Waals surface area contributed by atoms with E-state index in [1.54, 1.807) is 4.90 Å². The summed E-state index contributed by atoms with van der Waals surface area (Å²) in [5, 5.41) is 0.245. The van der Waals surface area contributed by atoms with Gasteiger partial charge in [-0.15, -0.1) is 0 Å². The van der Waals surface area contributed by atoms with Crippen molar-refractivity contribution in [2.45, 2.75) is 12.8 Å². The Bertz CT molecular complexity index is 742. The van der Waals surface area contributed by atoms with Crippen molar-refractivity contribution in [1.29, 1.82) is 0 Å². The lowest BCUT2D eigenvalue weighted by Crippen LogP contribution is -2.40. The van der Waals surface area contributed by atoms with E-state index in [1.165, 1.54) is 25.3 Å². The Kier molecular flexibility index (Phi) is 5.71. The van der Waals surface area contributed by atoms with Gasteiger partial charge in [-0.1, -0.05) is 11.6 Å². The molecule has 24 heavy (non-hydrogen) atoms. The topological polar surface area (TPSA) is 92.8 Å². The van der Waals surface area contributed by atoms with Gasteiger partial charge in [0.05, 0.1) is 29.9 Å². The van der Waals surface area contributed by atoms with Gasteiger partial charge in [-0.2, -0.15) is 0 Å². The Hall–Kier alpha value is -1.80. The van der Waals surface area contributed by atoms with E-state index in [-0.39, 0.29) is 34.1 Å². The van der Waals surface area contributed by atoms with Gasteiger partial charge in [0.25, 0.3) is 5.91 Å². The second-order valence-corrected chi connectivity index (χ2v) is 7.81. The number of hydrogen-bond donors (Lipinski definition) is 1. The largest absolute Gasteiger partial charge is 0.469 e. The number of carbonyl (C=O) groups is 2. The molecule has 0 radical (unpaired) electrons. The average Bonchev–Trinajstić information content (AvgIpc) is 2.54. The predicted molar refractivity (Wildman–Crippen MR) is 90.6 cm³/mol. The molecule has 1 amide bonds. The normalized spacial score (nSPS) is 15.9. The first-order chi connectivity index (χ1) is 11.2. The van der Waals surface area contributed by atoms with E-state index in [0.717, 1.165) is 6.26 Å². The minimum Gasteiger partial charge on any atom is -0.469 e. The molecule has 1 aliphatic rings. The Morgan fingerprint density at radius 2 is 1.92 bits per heavy atom. The van der Waals surface area contributed by atoms with Crippen LogP contribution in [0.15, 0.2) is 18.2 Å². The molecule has 7 nitrogen and oxygen atoms in total. The van der Waals surface area contributed by atoms with Crippen molar-refractivity contribution in [2.75, 3.05) is 31.2 Å². The fraction of sp³-hybridized carbons (Fsp3) is 0.467. The summed E-state index contributed by atoms with van der Waals surface area (Å²) in [5.74, 6) is -0.757. The SMILES string of the molecule is COC(=O)C1CCN(C(=O)c2cc(NS(C)(=O)=O)ccc2Cl)CC1. The van der Waals surface area contributed by atoms with Crippen LogP contribution in [-0.4, -0.2) is 51.6 Å². The molecule has 0 bridgehead atoms. The second-order valence-electron chi connectivity index (χ2n) is 5.66. The van der Waals surface area contributed by atoms with Crippen LogP contribution in [0.3, 0.4) is 0 Å². The van der Waals surface area contributed by atoms with Crippen molar-refractivity contribution in [3.63, 3.8) is 0 Å². The summed E-state index contributed by atoms with van der Waals surface area (Å²) in [6, 6.07) is 4.38. The van der Waals surface area contributed by atoms with E-state index < -0.39 is 10.0 Å². The highest BCUT2D eigenvalue weighted by atomic mass is 35.5. The molecular formula is C15H19ClN2O5S. The molecule has 0 saturated carbocycles. The number of likely N-dealkylation sites (tertiary alicyclic amines) is 1. The number of carbonyl (C=O) groups excluding carboxylic acids is 2. The molecule has 1 aromatic rings. The van der Waals surface area contributed by atoms with E-state index in [0.29, 0.717) is 25.9 Å². The molecule has 1 aromatic carbocycles. The lowest BCUT2D eigenvalue weighted by molar-refractivity contribution is -0.146. The number of rotatable bonds is 4. The smallest absolute Gasteiger partial charge is 0.308 e. The van der Waals surface area contributed by atoms with E-state index in [9.17, 15) is 18.0 Å². The van der Waals surface area contributed by atoms with Crippen molar-refractivity contribution in [1.82, 2.24) is 4.90 Å². The quantitative estimate of drug-likeness (QED) is 0.810. The molecule has 0 aromatic heterocycles. The van der Waals surface area contributed by atoms with Gasteiger partial charge in [0.1, 0.15) is 0 Å². The van der Waals surface area contributed by atoms with Crippen LogP contribution >= 0.6 is 11.6 Å². The molecule has 0 atom stereocenters. The monoisotopic (exact) mass is 374 g/mol. The van der Waals surface area contributed by atoms with E-state index in [4.69, 9.17) is 16.3 Å². The summed E-state index contributed by atoms with van der Waals surface area (Å²) in [6.45, 7) is 0.831. The van der Waals surface area contributed by atoms with Crippen molar-refractivity contribution >= 4 is 39.2 Å². The molecule has 1 aliphatic heterocycles. The third kappa shape index (κ3) is 4.61. The highest BCUT2D eigenvalue weighted by molar-refractivity contribution is 7.92. The van der Waals surface area contributed by atoms with Gasteiger partial charge in [0.2, 0.25) is 10.0 Å². The lowest BCUT2D eigenvalue weighted by Gasteiger charge is -2.31. The summed E-state index contributed by atoms with van der Waals surface area (Å²) in [4.78, 5) is 25.8. The van der Waals surface area contributed by atoms with Crippen LogP contribution in [0, 0.1) is 5.92 Å². The van der Waals surface area contributed by atoms with Gasteiger partial charge in [-0.3, -0.25) is 14.3 Å². The first kappa shape index (κ1) is 18.5. The number of nitrogens with zero attached hydrogens (tertiary/aromatic N) is 1. The van der Waals surface area contributed by atoms with Crippen molar-refractivity contribution < 1.29 is 22.7 Å². The van der Waals surface area contributed by atoms with Gasteiger partial charge in [-0.05, 0) is 31.0 Å². The Labute approximate surface area is 146 Å². The number of amides is 1. The van der Waals surface area contributed by atoms with Gasteiger partial charge in [-0.25, -0.2) is 8.42 Å². The fourth-order valence-corrected chi connectivity index (χ4v) is 3.38. The maximum atomic E-state index is 12.6. The van der Waals surface area contributed by atoms with Gasteiger partial charge in [0, 0.05) is 18.8 Å². The summed E-state index contributed by atoms with van der Waals surface area (Å²) in [6.07, 6.45) is 2.08. The summed E-state index contributed by atoms with van der Waals surface area (Å²) in [7, 11) is -2.10. The van der Waals surface area contributed by atoms with Crippen LogP contribution in [0.5, 0.6) is 0 Å². The molecule has 2 rings (SSSR count). The number of benzene rings is 1. The summed E-state index contributed by atoms with van der Waals surface area (Å²) < 4.78 is 29.7. The Morgan fingerprint density at radius 3 is 2.46 bits per heavy atom. The number of piperidine rings is 1. The first-order valence-electron chi connectivity index (χ1n) is 7.35. The fourth-order valence-electron chi connectivity index (χ4n) is 2.62. The number of sulfonamides is 1. The van der Waals surface area contributed by atoms with Crippen molar-refractivity contribution in [3.05, 3.63) is 28.8 Å². The molecule has 132 valence electrons. The maximum absolute atomic E-state index is 12.6. The molecule has 0 unspecified atom stereocenters. The Balaban J connectivity index is 2.13. The third-order valence-corrected chi connectivity index (χ3v) is 4.75. The van der Waals surface area contributed by atoms with Crippen LogP contribution < -0.4 is 4.72 Å². The predicted octanol–water partition coefficient (Wildman–Crippen LogP) is 1.74. The minimum absolute atomic E-state index is 0.201. The molecule has 1 N–H and O–H groups in total. The number of hydrogen-bond acceptors (Lipinski definition) is 5. The second kappa shape index (κ2) is 7.40. The van der Waals surface area contributed by atoms with Crippen LogP contribution in [0.1, 0.15) is 23.2 Å². The van der Waals surface area contributed by atoms with Crippen molar-refractivity contribution in [3.8, 4) is 0 Å². The van der Waals surface area contributed by atoms with Gasteiger partial charge in [0.15, 0.2) is 0 Å². The molecule has 0 aliphatic carbocycles. The van der Waals surface area contributed by atoms with Crippen LogP contribution in [-0.2, 0) is 19.6 Å². The zero-order valence-electron chi connectivity index (χ0n) is 13.4. The number of halogens is 1. The van der Waals surface area contributed by atoms with Gasteiger partial charge >= 0.3 is 5.97 Å². The van der Waals surface area contributed by atoms with Crippen LogP contribution in [0.2, 0.25) is 5.02 Å². The highest BCUT2D eigenvalue weighted by Gasteiger charge is 2.29. The number of anilines is 1. The molecular weight excluding hydrogens is 356 g/mol. The molecule has 1 fully saturated rings. The standard InChI is InChI=1S/C15H19ClN2O5S/c1-23-15(20)10-5-7-18(8-6-10)14(19)12-9-11(3-4-13(12)16)17-24(2,21)22/h3-4,9-10,17H,5-8H2,1-2H3. The zero-order chi connectivity index (χ0) is 17.9. The van der Waals surface area contributed by atoms with Gasteiger partial charge < -0.3 is 9.64 Å². The number of methoxy groups -OCH3 is 1. The number of ether oxygens (including phenoxy) is 1. The first-order valence-corrected chi connectivity index (χ1v) is 9.62. The van der Waals surface area contributed by atoms with E-state index in [2.05, 4.69) is 4.72 Å². The molecule has 1 saturated heterocycles. The maximum Gasteiger partial charge on any atom is 0.308 e. The highest BCUT2D eigenvalue weighted by Crippen LogP contribution is 2.25. The molecule has 9 heteroatoms. The van der Waals surface area contributed by atoms with E-state index >= 15 is 0 Å². The zero-order valence-corrected chi connectivity index (χ0v) is 15.0. The van der Waals surface area contributed by atoms with E-state index in [1.807, 2.05) is 0 Å². The third-order valence-electron chi connectivity index (χ3n) is 3.82. The van der Waals surface area contributed by atoms with Crippen LogP contribution in [0.25, 0.3) is 0 Å². The van der Waals surface area contributed by atoms with Crippen molar-refractivity contribution in [2.24, 2.45) is 5.92 Å². The lowest BCUT2D eigenvalue weighted by atomic mass is 9.96. The number of nitrogens with one attached hydrogen (secondary N) is 1.